The summed E-state index contributed by atoms with van der Waals surface area (Å²) in [5.74, 6) is -2.35. The highest BCUT2D eigenvalue weighted by atomic mass is 19.1. The number of carboxylic acid groups (broad SMARTS) is 1. The van der Waals surface area contributed by atoms with Crippen molar-refractivity contribution in [2.75, 3.05) is 5.32 Å². The lowest BCUT2D eigenvalue weighted by Crippen LogP contribution is -2.20. The second-order valence-electron chi connectivity index (χ2n) is 3.99. The van der Waals surface area contributed by atoms with E-state index in [9.17, 15) is 14.3 Å². The first-order valence-corrected chi connectivity index (χ1v) is 5.61. The molecule has 0 aliphatic heterocycles. The maximum absolute atomic E-state index is 13.2. The average molecular weight is 261 g/mol. The molecular formula is C14H12FNO3. The molecule has 5 heteroatoms. The number of phenols is 1. The van der Waals surface area contributed by atoms with Crippen molar-refractivity contribution in [2.24, 2.45) is 0 Å². The van der Waals surface area contributed by atoms with Gasteiger partial charge in [-0.25, -0.2) is 9.18 Å². The maximum Gasteiger partial charge on any atom is 0.330 e. The summed E-state index contributed by atoms with van der Waals surface area (Å²) >= 11 is 0. The minimum absolute atomic E-state index is 0.284. The van der Waals surface area contributed by atoms with Crippen molar-refractivity contribution in [1.29, 1.82) is 0 Å². The van der Waals surface area contributed by atoms with E-state index in [0.29, 0.717) is 5.56 Å². The Kier molecular flexibility index (Phi) is 3.66. The van der Waals surface area contributed by atoms with Crippen LogP contribution in [-0.4, -0.2) is 16.2 Å². The number of halogens is 1. The Labute approximate surface area is 109 Å². The molecule has 3 N–H and O–H groups in total. The Morgan fingerprint density at radius 2 is 1.84 bits per heavy atom. The van der Waals surface area contributed by atoms with Crippen LogP contribution < -0.4 is 5.32 Å². The molecule has 2 aromatic carbocycles. The van der Waals surface area contributed by atoms with Gasteiger partial charge in [-0.2, -0.15) is 0 Å². The van der Waals surface area contributed by atoms with Gasteiger partial charge in [0.25, 0.3) is 0 Å². The summed E-state index contributed by atoms with van der Waals surface area (Å²) in [6.07, 6.45) is 0. The van der Waals surface area contributed by atoms with Gasteiger partial charge in [0, 0.05) is 11.8 Å². The highest BCUT2D eigenvalue weighted by Crippen LogP contribution is 2.24. The topological polar surface area (TPSA) is 69.6 Å². The van der Waals surface area contributed by atoms with Crippen LogP contribution in [0.4, 0.5) is 10.1 Å². The fourth-order valence-electron chi connectivity index (χ4n) is 1.70. The van der Waals surface area contributed by atoms with Crippen LogP contribution in [0, 0.1) is 5.82 Å². The van der Waals surface area contributed by atoms with E-state index in [1.807, 2.05) is 0 Å². The molecule has 2 aromatic rings. The van der Waals surface area contributed by atoms with Crippen molar-refractivity contribution < 1.29 is 19.4 Å². The standard InChI is InChI=1S/C14H12FNO3/c15-11-8-10(6-7-12(11)17)16-13(14(18)19)9-4-2-1-3-5-9/h1-8,13,16-17H,(H,18,19). The van der Waals surface area contributed by atoms with Crippen LogP contribution in [0.5, 0.6) is 5.75 Å². The SMILES string of the molecule is O=C(O)C(Nc1ccc(O)c(F)c1)c1ccccc1. The molecule has 98 valence electrons. The van der Waals surface area contributed by atoms with Gasteiger partial charge < -0.3 is 15.5 Å². The van der Waals surface area contributed by atoms with Crippen LogP contribution in [0.2, 0.25) is 0 Å². The summed E-state index contributed by atoms with van der Waals surface area (Å²) in [5, 5.41) is 21.0. The van der Waals surface area contributed by atoms with E-state index in [1.165, 1.54) is 12.1 Å². The molecule has 4 nitrogen and oxygen atoms in total. The molecule has 0 aliphatic rings. The number of anilines is 1. The Hall–Kier alpha value is -2.56. The molecular weight excluding hydrogens is 249 g/mol. The normalized spacial score (nSPS) is 11.8. The Morgan fingerprint density at radius 3 is 2.42 bits per heavy atom. The highest BCUT2D eigenvalue weighted by Gasteiger charge is 2.19. The molecule has 0 fully saturated rings. The van der Waals surface area contributed by atoms with Crippen molar-refractivity contribution in [3.63, 3.8) is 0 Å². The van der Waals surface area contributed by atoms with Gasteiger partial charge in [0.1, 0.15) is 0 Å². The van der Waals surface area contributed by atoms with Gasteiger partial charge in [0.05, 0.1) is 0 Å². The second-order valence-corrected chi connectivity index (χ2v) is 3.99. The van der Waals surface area contributed by atoms with Crippen molar-refractivity contribution >= 4 is 11.7 Å². The number of benzene rings is 2. The van der Waals surface area contributed by atoms with Gasteiger partial charge in [-0.3, -0.25) is 0 Å². The summed E-state index contributed by atoms with van der Waals surface area (Å²) in [7, 11) is 0. The van der Waals surface area contributed by atoms with Crippen LogP contribution in [0.25, 0.3) is 0 Å². The fourth-order valence-corrected chi connectivity index (χ4v) is 1.70. The van der Waals surface area contributed by atoms with Crippen LogP contribution in [0.3, 0.4) is 0 Å². The van der Waals surface area contributed by atoms with Gasteiger partial charge >= 0.3 is 5.97 Å². The summed E-state index contributed by atoms with van der Waals surface area (Å²) in [6.45, 7) is 0. The third-order valence-electron chi connectivity index (χ3n) is 2.64. The van der Waals surface area contributed by atoms with E-state index in [2.05, 4.69) is 5.32 Å². The maximum atomic E-state index is 13.2. The lowest BCUT2D eigenvalue weighted by molar-refractivity contribution is -0.138. The van der Waals surface area contributed by atoms with E-state index in [0.717, 1.165) is 6.07 Å². The number of carboxylic acids is 1. The molecule has 2 rings (SSSR count). The van der Waals surface area contributed by atoms with E-state index in [4.69, 9.17) is 5.11 Å². The number of hydrogen-bond acceptors (Lipinski definition) is 3. The minimum Gasteiger partial charge on any atom is -0.505 e. The molecule has 1 atom stereocenters. The summed E-state index contributed by atoms with van der Waals surface area (Å²) in [4.78, 5) is 11.3. The van der Waals surface area contributed by atoms with Crippen LogP contribution in [0.15, 0.2) is 48.5 Å². The highest BCUT2D eigenvalue weighted by molar-refractivity contribution is 5.79. The fraction of sp³-hybridized carbons (Fsp3) is 0.0714. The number of hydrogen-bond donors (Lipinski definition) is 3. The van der Waals surface area contributed by atoms with Gasteiger partial charge in [-0.05, 0) is 17.7 Å². The van der Waals surface area contributed by atoms with Gasteiger partial charge in [-0.1, -0.05) is 30.3 Å². The number of phenolic OH excluding ortho intramolecular Hbond substituents is 1. The number of rotatable bonds is 4. The molecule has 1 unspecified atom stereocenters. The Balaban J connectivity index is 2.27. The molecule has 19 heavy (non-hydrogen) atoms. The summed E-state index contributed by atoms with van der Waals surface area (Å²) < 4.78 is 13.2. The molecule has 0 amide bonds. The molecule has 0 bridgehead atoms. The van der Waals surface area contributed by atoms with Crippen molar-refractivity contribution in [3.05, 3.63) is 59.9 Å². The Morgan fingerprint density at radius 1 is 1.16 bits per heavy atom. The quantitative estimate of drug-likeness (QED) is 0.740. The van der Waals surface area contributed by atoms with E-state index < -0.39 is 23.6 Å². The predicted octanol–water partition coefficient (Wildman–Crippen LogP) is 2.77. The predicted molar refractivity (Wildman–Crippen MR) is 68.5 cm³/mol. The number of aliphatic carboxylic acids is 1. The van der Waals surface area contributed by atoms with E-state index in [-0.39, 0.29) is 5.69 Å². The number of nitrogens with one attached hydrogen (secondary N) is 1. The monoisotopic (exact) mass is 261 g/mol. The zero-order valence-corrected chi connectivity index (χ0v) is 9.88. The zero-order valence-electron chi connectivity index (χ0n) is 9.88. The number of carbonyl (C=O) groups is 1. The van der Waals surface area contributed by atoms with Crippen LogP contribution in [0.1, 0.15) is 11.6 Å². The first-order chi connectivity index (χ1) is 9.08. The average Bonchev–Trinajstić information content (AvgIpc) is 2.40. The molecule has 0 saturated carbocycles. The molecule has 0 aliphatic carbocycles. The summed E-state index contributed by atoms with van der Waals surface area (Å²) in [6, 6.07) is 11.2. The van der Waals surface area contributed by atoms with Gasteiger partial charge in [-0.15, -0.1) is 0 Å². The lowest BCUT2D eigenvalue weighted by Gasteiger charge is -2.16. The first kappa shape index (κ1) is 12.9. The van der Waals surface area contributed by atoms with E-state index >= 15 is 0 Å². The third kappa shape index (κ3) is 3.01. The van der Waals surface area contributed by atoms with Crippen molar-refractivity contribution in [1.82, 2.24) is 0 Å². The van der Waals surface area contributed by atoms with Crippen molar-refractivity contribution in [3.8, 4) is 5.75 Å². The summed E-state index contributed by atoms with van der Waals surface area (Å²) in [5.41, 5.74) is 0.843. The molecule has 0 saturated heterocycles. The molecule has 0 aromatic heterocycles. The molecule has 0 heterocycles. The zero-order chi connectivity index (χ0) is 13.8. The minimum atomic E-state index is -1.07. The first-order valence-electron chi connectivity index (χ1n) is 5.61. The van der Waals surface area contributed by atoms with Gasteiger partial charge in [0.2, 0.25) is 0 Å². The van der Waals surface area contributed by atoms with Crippen molar-refractivity contribution in [2.45, 2.75) is 6.04 Å². The largest absolute Gasteiger partial charge is 0.505 e. The van der Waals surface area contributed by atoms with Crippen LogP contribution in [-0.2, 0) is 4.79 Å². The number of aromatic hydroxyl groups is 1. The molecule has 0 radical (unpaired) electrons. The van der Waals surface area contributed by atoms with Gasteiger partial charge in [0.15, 0.2) is 17.6 Å². The second kappa shape index (κ2) is 5.39. The molecule has 0 spiro atoms. The van der Waals surface area contributed by atoms with E-state index in [1.54, 1.807) is 30.3 Å². The smallest absolute Gasteiger partial charge is 0.330 e. The third-order valence-corrected chi connectivity index (χ3v) is 2.64. The lowest BCUT2D eigenvalue weighted by atomic mass is 10.1. The van der Waals surface area contributed by atoms with Crippen LogP contribution >= 0.6 is 0 Å². The Bertz CT molecular complexity index is 586.